The van der Waals surface area contributed by atoms with Crippen LogP contribution in [-0.4, -0.2) is 9.97 Å². The fourth-order valence-corrected chi connectivity index (χ4v) is 4.06. The first-order valence-electron chi connectivity index (χ1n) is 7.02. The highest BCUT2D eigenvalue weighted by atomic mass is 19.1. The molecule has 0 radical (unpaired) electrons. The third-order valence-corrected chi connectivity index (χ3v) is 4.89. The summed E-state index contributed by atoms with van der Waals surface area (Å²) in [6, 6.07) is 2.21. The van der Waals surface area contributed by atoms with Crippen LogP contribution in [-0.2, 0) is 6.42 Å². The van der Waals surface area contributed by atoms with Gasteiger partial charge in [0.2, 0.25) is 0 Å². The molecule has 0 spiro atoms. The number of imidazole rings is 1. The molecule has 1 aromatic carbocycles. The third-order valence-electron chi connectivity index (χ3n) is 4.89. The van der Waals surface area contributed by atoms with Crippen LogP contribution in [0.2, 0.25) is 0 Å². The Morgan fingerprint density at radius 2 is 2.11 bits per heavy atom. The van der Waals surface area contributed by atoms with Crippen LogP contribution in [0.3, 0.4) is 0 Å². The summed E-state index contributed by atoms with van der Waals surface area (Å²) in [5.41, 5.74) is 0.732. The van der Waals surface area contributed by atoms with E-state index in [2.05, 4.69) is 9.97 Å². The van der Waals surface area contributed by atoms with Crippen LogP contribution in [0, 0.1) is 29.4 Å². The second kappa shape index (κ2) is 4.02. The number of hydrogen-bond donors (Lipinski definition) is 1. The van der Waals surface area contributed by atoms with Gasteiger partial charge in [-0.05, 0) is 43.1 Å². The SMILES string of the molecule is Fc1cc(F)c2nc(CC3CC4CCC3C4)[nH]c2c1. The maximum Gasteiger partial charge on any atom is 0.153 e. The van der Waals surface area contributed by atoms with Crippen molar-refractivity contribution in [3.8, 4) is 0 Å². The van der Waals surface area contributed by atoms with Crippen molar-refractivity contribution in [1.82, 2.24) is 9.97 Å². The standard InChI is InChI=1S/C15H16F2N2/c16-11-6-12(17)15-13(7-11)18-14(19-15)5-10-4-8-1-2-9(10)3-8/h6-10H,1-5H2,(H,18,19). The summed E-state index contributed by atoms with van der Waals surface area (Å²) in [6.07, 6.45) is 6.21. The molecular formula is C15H16F2N2. The lowest BCUT2D eigenvalue weighted by Crippen LogP contribution is -2.13. The van der Waals surface area contributed by atoms with Gasteiger partial charge in [-0.1, -0.05) is 6.42 Å². The van der Waals surface area contributed by atoms with Crippen LogP contribution in [0.25, 0.3) is 11.0 Å². The number of rotatable bonds is 2. The van der Waals surface area contributed by atoms with Crippen molar-refractivity contribution in [2.75, 3.05) is 0 Å². The van der Waals surface area contributed by atoms with E-state index in [-0.39, 0.29) is 5.52 Å². The number of fused-ring (bicyclic) bond motifs is 3. The summed E-state index contributed by atoms with van der Waals surface area (Å²) in [5.74, 6) is 2.06. The monoisotopic (exact) mass is 262 g/mol. The molecule has 100 valence electrons. The second-order valence-corrected chi connectivity index (χ2v) is 6.11. The van der Waals surface area contributed by atoms with Gasteiger partial charge in [0, 0.05) is 12.5 Å². The van der Waals surface area contributed by atoms with Crippen molar-refractivity contribution in [1.29, 1.82) is 0 Å². The van der Waals surface area contributed by atoms with Crippen LogP contribution in [0.4, 0.5) is 8.78 Å². The molecule has 3 unspecified atom stereocenters. The zero-order chi connectivity index (χ0) is 13.0. The first-order chi connectivity index (χ1) is 9.19. The van der Waals surface area contributed by atoms with E-state index in [0.29, 0.717) is 11.4 Å². The summed E-state index contributed by atoms with van der Waals surface area (Å²) in [5, 5.41) is 0. The molecule has 1 N–H and O–H groups in total. The molecule has 2 nitrogen and oxygen atoms in total. The molecule has 1 aromatic heterocycles. The van der Waals surface area contributed by atoms with Gasteiger partial charge in [-0.2, -0.15) is 0 Å². The predicted octanol–water partition coefficient (Wildman–Crippen LogP) is 3.82. The zero-order valence-electron chi connectivity index (χ0n) is 10.6. The Morgan fingerprint density at radius 1 is 1.21 bits per heavy atom. The Balaban J connectivity index is 1.63. The van der Waals surface area contributed by atoms with Crippen molar-refractivity contribution in [3.63, 3.8) is 0 Å². The highest BCUT2D eigenvalue weighted by Gasteiger charge is 2.39. The molecule has 2 aromatic rings. The summed E-state index contributed by atoms with van der Waals surface area (Å²) >= 11 is 0. The van der Waals surface area contributed by atoms with E-state index in [1.807, 2.05) is 0 Å². The van der Waals surface area contributed by atoms with Crippen molar-refractivity contribution in [2.24, 2.45) is 17.8 Å². The van der Waals surface area contributed by atoms with Crippen LogP contribution >= 0.6 is 0 Å². The number of hydrogen-bond acceptors (Lipinski definition) is 1. The lowest BCUT2D eigenvalue weighted by molar-refractivity contribution is 0.327. The van der Waals surface area contributed by atoms with Gasteiger partial charge >= 0.3 is 0 Å². The Hall–Kier alpha value is -1.45. The van der Waals surface area contributed by atoms with Crippen molar-refractivity contribution >= 4 is 11.0 Å². The molecule has 2 aliphatic rings. The summed E-state index contributed by atoms with van der Waals surface area (Å²) < 4.78 is 26.7. The van der Waals surface area contributed by atoms with Gasteiger partial charge < -0.3 is 4.98 Å². The third kappa shape index (κ3) is 1.85. The maximum absolute atomic E-state index is 13.6. The molecule has 4 rings (SSSR count). The van der Waals surface area contributed by atoms with Gasteiger partial charge in [-0.25, -0.2) is 13.8 Å². The average Bonchev–Trinajstić information content (AvgIpc) is 3.03. The number of aromatic nitrogens is 2. The van der Waals surface area contributed by atoms with Crippen LogP contribution in [0.15, 0.2) is 12.1 Å². The number of aromatic amines is 1. The molecule has 2 fully saturated rings. The van der Waals surface area contributed by atoms with Crippen LogP contribution in [0.1, 0.15) is 31.5 Å². The Kier molecular flexibility index (Phi) is 2.41. The van der Waals surface area contributed by atoms with Crippen molar-refractivity contribution in [2.45, 2.75) is 32.1 Å². The number of halogens is 2. The van der Waals surface area contributed by atoms with E-state index in [1.54, 1.807) is 0 Å². The molecule has 2 saturated carbocycles. The van der Waals surface area contributed by atoms with E-state index >= 15 is 0 Å². The molecule has 0 amide bonds. The van der Waals surface area contributed by atoms with Crippen molar-refractivity contribution < 1.29 is 8.78 Å². The van der Waals surface area contributed by atoms with Gasteiger partial charge in [0.05, 0.1) is 5.52 Å². The quantitative estimate of drug-likeness (QED) is 0.875. The summed E-state index contributed by atoms with van der Waals surface area (Å²) in [4.78, 5) is 7.38. The minimum atomic E-state index is -0.578. The zero-order valence-corrected chi connectivity index (χ0v) is 10.6. The smallest absolute Gasteiger partial charge is 0.153 e. The molecule has 4 heteroatoms. The number of benzene rings is 1. The Bertz CT molecular complexity index is 634. The normalized spacial score (nSPS) is 29.5. The molecule has 1 heterocycles. The van der Waals surface area contributed by atoms with E-state index in [9.17, 15) is 8.78 Å². The molecule has 0 aliphatic heterocycles. The fraction of sp³-hybridized carbons (Fsp3) is 0.533. The topological polar surface area (TPSA) is 28.7 Å². The lowest BCUT2D eigenvalue weighted by Gasteiger charge is -2.20. The summed E-state index contributed by atoms with van der Waals surface area (Å²) in [6.45, 7) is 0. The molecular weight excluding hydrogens is 246 g/mol. The molecule has 2 bridgehead atoms. The number of H-pyrrole nitrogens is 1. The highest BCUT2D eigenvalue weighted by Crippen LogP contribution is 2.49. The largest absolute Gasteiger partial charge is 0.342 e. The summed E-state index contributed by atoms with van der Waals surface area (Å²) in [7, 11) is 0. The van der Waals surface area contributed by atoms with E-state index in [4.69, 9.17) is 0 Å². The van der Waals surface area contributed by atoms with Crippen LogP contribution < -0.4 is 0 Å². The second-order valence-electron chi connectivity index (χ2n) is 6.11. The van der Waals surface area contributed by atoms with Crippen molar-refractivity contribution in [3.05, 3.63) is 29.6 Å². The minimum Gasteiger partial charge on any atom is -0.342 e. The van der Waals surface area contributed by atoms with E-state index in [1.165, 1.54) is 31.7 Å². The molecule has 19 heavy (non-hydrogen) atoms. The fourth-order valence-electron chi connectivity index (χ4n) is 4.06. The Labute approximate surface area is 110 Å². The van der Waals surface area contributed by atoms with Gasteiger partial charge in [-0.15, -0.1) is 0 Å². The molecule has 2 aliphatic carbocycles. The van der Waals surface area contributed by atoms with E-state index < -0.39 is 11.6 Å². The molecule has 0 saturated heterocycles. The molecule has 3 atom stereocenters. The lowest BCUT2D eigenvalue weighted by atomic mass is 9.86. The van der Waals surface area contributed by atoms with Gasteiger partial charge in [-0.3, -0.25) is 0 Å². The average molecular weight is 262 g/mol. The van der Waals surface area contributed by atoms with Gasteiger partial charge in [0.15, 0.2) is 5.82 Å². The van der Waals surface area contributed by atoms with Gasteiger partial charge in [0.25, 0.3) is 0 Å². The first-order valence-corrected chi connectivity index (χ1v) is 7.02. The maximum atomic E-state index is 13.6. The minimum absolute atomic E-state index is 0.263. The van der Waals surface area contributed by atoms with E-state index in [0.717, 1.165) is 30.1 Å². The predicted molar refractivity (Wildman–Crippen MR) is 68.7 cm³/mol. The Morgan fingerprint density at radius 3 is 2.84 bits per heavy atom. The first kappa shape index (κ1) is 11.4. The highest BCUT2D eigenvalue weighted by molar-refractivity contribution is 5.75. The number of nitrogens with one attached hydrogen (secondary N) is 1. The van der Waals surface area contributed by atoms with Crippen LogP contribution in [0.5, 0.6) is 0 Å². The van der Waals surface area contributed by atoms with Gasteiger partial charge in [0.1, 0.15) is 17.2 Å². The number of nitrogens with zero attached hydrogens (tertiary/aromatic N) is 1.